The van der Waals surface area contributed by atoms with E-state index >= 15 is 0 Å². The Hall–Kier alpha value is -4.07. The first-order valence-electron chi connectivity index (χ1n) is 9.52. The molecule has 8 heteroatoms. The molecule has 1 amide bonds. The number of amides is 1. The molecule has 0 saturated carbocycles. The van der Waals surface area contributed by atoms with Crippen LogP contribution in [-0.2, 0) is 16.1 Å². The Balaban J connectivity index is 1.52. The molecule has 2 heterocycles. The van der Waals surface area contributed by atoms with Crippen LogP contribution in [0.4, 0.5) is 4.39 Å². The number of carbonyl (C=O) groups excluding carboxylic acids is 2. The van der Waals surface area contributed by atoms with Crippen molar-refractivity contribution >= 4 is 23.0 Å². The lowest BCUT2D eigenvalue weighted by molar-refractivity contribution is -0.143. The Labute approximate surface area is 176 Å². The fourth-order valence-corrected chi connectivity index (χ4v) is 3.08. The number of ether oxygens (including phenoxy) is 1. The SMILES string of the molecule is Cc1noc2nc(-c3ccc(F)cc3)cc(C(=O)NCC(=O)OCc3ccccc3)c12. The number of nitrogens with zero attached hydrogens (tertiary/aromatic N) is 2. The normalized spacial score (nSPS) is 10.8. The van der Waals surface area contributed by atoms with Crippen LogP contribution in [0.1, 0.15) is 21.6 Å². The maximum atomic E-state index is 13.3. The van der Waals surface area contributed by atoms with Crippen molar-refractivity contribution in [3.63, 3.8) is 0 Å². The molecule has 0 atom stereocenters. The van der Waals surface area contributed by atoms with Gasteiger partial charge < -0.3 is 14.6 Å². The molecule has 0 saturated heterocycles. The number of aromatic nitrogens is 2. The summed E-state index contributed by atoms with van der Waals surface area (Å²) >= 11 is 0. The van der Waals surface area contributed by atoms with Crippen LogP contribution >= 0.6 is 0 Å². The quantitative estimate of drug-likeness (QED) is 0.478. The number of rotatable bonds is 6. The minimum Gasteiger partial charge on any atom is -0.460 e. The van der Waals surface area contributed by atoms with Crippen molar-refractivity contribution in [3.05, 3.63) is 83.3 Å². The number of benzene rings is 2. The van der Waals surface area contributed by atoms with Crippen LogP contribution in [0.25, 0.3) is 22.4 Å². The van der Waals surface area contributed by atoms with Crippen LogP contribution in [0, 0.1) is 12.7 Å². The van der Waals surface area contributed by atoms with Gasteiger partial charge in [0.15, 0.2) is 0 Å². The average molecular weight is 419 g/mol. The third-order valence-electron chi connectivity index (χ3n) is 4.64. The molecule has 0 unspecified atom stereocenters. The molecule has 31 heavy (non-hydrogen) atoms. The average Bonchev–Trinajstić information content (AvgIpc) is 3.17. The van der Waals surface area contributed by atoms with E-state index in [1.807, 2.05) is 30.3 Å². The van der Waals surface area contributed by atoms with Gasteiger partial charge in [0.1, 0.15) is 19.0 Å². The van der Waals surface area contributed by atoms with E-state index in [2.05, 4.69) is 15.5 Å². The Morgan fingerprint density at radius 2 is 1.84 bits per heavy atom. The van der Waals surface area contributed by atoms with Gasteiger partial charge in [0, 0.05) is 5.56 Å². The molecular formula is C23H18FN3O4. The Morgan fingerprint density at radius 1 is 1.10 bits per heavy atom. The van der Waals surface area contributed by atoms with Gasteiger partial charge in [-0.2, -0.15) is 0 Å². The smallest absolute Gasteiger partial charge is 0.325 e. The van der Waals surface area contributed by atoms with Gasteiger partial charge >= 0.3 is 5.97 Å². The van der Waals surface area contributed by atoms with E-state index in [0.29, 0.717) is 22.3 Å². The summed E-state index contributed by atoms with van der Waals surface area (Å²) in [4.78, 5) is 29.3. The van der Waals surface area contributed by atoms with Crippen LogP contribution in [0.5, 0.6) is 0 Å². The number of aryl methyl sites for hydroxylation is 1. The first-order valence-corrected chi connectivity index (χ1v) is 9.52. The molecule has 0 radical (unpaired) electrons. The molecule has 7 nitrogen and oxygen atoms in total. The molecule has 0 aliphatic carbocycles. The van der Waals surface area contributed by atoms with Gasteiger partial charge in [-0.15, -0.1) is 0 Å². The van der Waals surface area contributed by atoms with Crippen molar-refractivity contribution in [2.24, 2.45) is 0 Å². The van der Waals surface area contributed by atoms with Gasteiger partial charge in [0.05, 0.1) is 22.3 Å². The minimum absolute atomic E-state index is 0.120. The maximum absolute atomic E-state index is 13.3. The molecule has 0 fully saturated rings. The Morgan fingerprint density at radius 3 is 2.58 bits per heavy atom. The standard InChI is InChI=1S/C23H18FN3O4/c1-14-21-18(22(29)25-12-20(28)30-13-15-5-3-2-4-6-15)11-19(26-23(21)31-27-14)16-7-9-17(24)10-8-16/h2-11H,12-13H2,1H3,(H,25,29). The molecule has 156 valence electrons. The summed E-state index contributed by atoms with van der Waals surface area (Å²) < 4.78 is 23.7. The first kappa shape index (κ1) is 20.2. The largest absolute Gasteiger partial charge is 0.460 e. The number of esters is 1. The molecule has 2 aromatic carbocycles. The van der Waals surface area contributed by atoms with Crippen LogP contribution in [0.3, 0.4) is 0 Å². The second-order valence-corrected chi connectivity index (χ2v) is 6.84. The minimum atomic E-state index is -0.566. The summed E-state index contributed by atoms with van der Waals surface area (Å²) in [7, 11) is 0. The van der Waals surface area contributed by atoms with Crippen molar-refractivity contribution in [1.82, 2.24) is 15.5 Å². The number of halogens is 1. The summed E-state index contributed by atoms with van der Waals surface area (Å²) in [6.45, 7) is 1.51. The van der Waals surface area contributed by atoms with E-state index in [4.69, 9.17) is 9.26 Å². The van der Waals surface area contributed by atoms with Gasteiger partial charge in [0.2, 0.25) is 0 Å². The Kier molecular flexibility index (Phi) is 5.70. The zero-order valence-corrected chi connectivity index (χ0v) is 16.6. The van der Waals surface area contributed by atoms with Gasteiger partial charge in [-0.3, -0.25) is 9.59 Å². The van der Waals surface area contributed by atoms with E-state index in [1.54, 1.807) is 25.1 Å². The first-order chi connectivity index (χ1) is 15.0. The molecular weight excluding hydrogens is 401 g/mol. The summed E-state index contributed by atoms with van der Waals surface area (Å²) in [6.07, 6.45) is 0. The van der Waals surface area contributed by atoms with Gasteiger partial charge in [-0.1, -0.05) is 35.5 Å². The lowest BCUT2D eigenvalue weighted by Gasteiger charge is -2.09. The van der Waals surface area contributed by atoms with Crippen molar-refractivity contribution in [2.75, 3.05) is 6.54 Å². The van der Waals surface area contributed by atoms with Crippen molar-refractivity contribution in [2.45, 2.75) is 13.5 Å². The number of fused-ring (bicyclic) bond motifs is 1. The molecule has 0 spiro atoms. The molecule has 0 bridgehead atoms. The number of hydrogen-bond donors (Lipinski definition) is 1. The van der Waals surface area contributed by atoms with Crippen LogP contribution in [-0.4, -0.2) is 28.6 Å². The summed E-state index contributed by atoms with van der Waals surface area (Å²) in [5.41, 5.74) is 2.79. The molecule has 4 rings (SSSR count). The van der Waals surface area contributed by atoms with Gasteiger partial charge in [-0.25, -0.2) is 9.37 Å². The fourth-order valence-electron chi connectivity index (χ4n) is 3.08. The van der Waals surface area contributed by atoms with E-state index in [-0.39, 0.29) is 30.2 Å². The number of pyridine rings is 1. The van der Waals surface area contributed by atoms with Crippen molar-refractivity contribution < 1.29 is 23.2 Å². The predicted molar refractivity (Wildman–Crippen MR) is 111 cm³/mol. The van der Waals surface area contributed by atoms with Crippen molar-refractivity contribution in [3.8, 4) is 11.3 Å². The van der Waals surface area contributed by atoms with Gasteiger partial charge in [-0.05, 0) is 42.8 Å². The highest BCUT2D eigenvalue weighted by molar-refractivity contribution is 6.07. The predicted octanol–water partition coefficient (Wildman–Crippen LogP) is 3.81. The highest BCUT2D eigenvalue weighted by atomic mass is 19.1. The second-order valence-electron chi connectivity index (χ2n) is 6.84. The van der Waals surface area contributed by atoms with Crippen molar-refractivity contribution in [1.29, 1.82) is 0 Å². The molecule has 0 aliphatic heterocycles. The zero-order valence-electron chi connectivity index (χ0n) is 16.6. The van der Waals surface area contributed by atoms with E-state index in [1.165, 1.54) is 12.1 Å². The highest BCUT2D eigenvalue weighted by Crippen LogP contribution is 2.27. The topological polar surface area (TPSA) is 94.3 Å². The monoisotopic (exact) mass is 419 g/mol. The summed E-state index contributed by atoms with van der Waals surface area (Å²) in [5.74, 6) is -1.45. The lowest BCUT2D eigenvalue weighted by atomic mass is 10.1. The molecule has 0 aliphatic rings. The van der Waals surface area contributed by atoms with Crippen LogP contribution < -0.4 is 5.32 Å². The summed E-state index contributed by atoms with van der Waals surface area (Å²) in [6, 6.07) is 16.5. The van der Waals surface area contributed by atoms with Crippen LogP contribution in [0.15, 0.2) is 65.2 Å². The maximum Gasteiger partial charge on any atom is 0.325 e. The number of nitrogens with one attached hydrogen (secondary N) is 1. The number of hydrogen-bond acceptors (Lipinski definition) is 6. The molecule has 1 N–H and O–H groups in total. The second kappa shape index (κ2) is 8.74. The zero-order chi connectivity index (χ0) is 21.8. The third-order valence-corrected chi connectivity index (χ3v) is 4.64. The van der Waals surface area contributed by atoms with E-state index < -0.39 is 11.9 Å². The van der Waals surface area contributed by atoms with E-state index in [0.717, 1.165) is 5.56 Å². The lowest BCUT2D eigenvalue weighted by Crippen LogP contribution is -2.30. The highest BCUT2D eigenvalue weighted by Gasteiger charge is 2.20. The summed E-state index contributed by atoms with van der Waals surface area (Å²) in [5, 5.41) is 6.88. The van der Waals surface area contributed by atoms with E-state index in [9.17, 15) is 14.0 Å². The third kappa shape index (κ3) is 4.58. The molecule has 2 aromatic heterocycles. The fraction of sp³-hybridized carbons (Fsp3) is 0.130. The van der Waals surface area contributed by atoms with Crippen LogP contribution in [0.2, 0.25) is 0 Å². The Bertz CT molecular complexity index is 1240. The molecule has 4 aromatic rings. The number of carbonyl (C=O) groups is 2. The van der Waals surface area contributed by atoms with Gasteiger partial charge in [0.25, 0.3) is 11.6 Å².